The standard InChI is InChI=1S/C16H18BrN3O4/c17-10-1-2-11-9(7-10)8-20(15(11)22)6-5-13(24-16(18)23)12-3-4-14(21)19-12/h1-2,7,12-13H,3-6,8H2,(H2,18,23)(H,19,21). The summed E-state index contributed by atoms with van der Waals surface area (Å²) in [6.07, 6.45) is 0.0243. The van der Waals surface area contributed by atoms with Gasteiger partial charge in [-0.2, -0.15) is 0 Å². The lowest BCUT2D eigenvalue weighted by Gasteiger charge is -2.25. The van der Waals surface area contributed by atoms with Gasteiger partial charge in [0.05, 0.1) is 6.04 Å². The van der Waals surface area contributed by atoms with E-state index in [0.29, 0.717) is 37.9 Å². The van der Waals surface area contributed by atoms with Gasteiger partial charge in [-0.1, -0.05) is 15.9 Å². The lowest BCUT2D eigenvalue weighted by atomic mass is 10.1. The molecule has 3 N–H and O–H groups in total. The molecule has 0 saturated carbocycles. The molecule has 2 unspecified atom stereocenters. The molecule has 0 aromatic heterocycles. The Morgan fingerprint density at radius 1 is 1.46 bits per heavy atom. The first-order valence-corrected chi connectivity index (χ1v) is 8.56. The van der Waals surface area contributed by atoms with E-state index in [9.17, 15) is 14.4 Å². The fraction of sp³-hybridized carbons (Fsp3) is 0.438. The molecular weight excluding hydrogens is 378 g/mol. The highest BCUT2D eigenvalue weighted by molar-refractivity contribution is 9.10. The Hall–Kier alpha value is -2.09. The van der Waals surface area contributed by atoms with Gasteiger partial charge in [0, 0.05) is 36.0 Å². The molecule has 8 heteroatoms. The highest BCUT2D eigenvalue weighted by Crippen LogP contribution is 2.27. The minimum absolute atomic E-state index is 0.0363. The minimum atomic E-state index is -0.874. The minimum Gasteiger partial charge on any atom is -0.444 e. The number of hydrogen-bond donors (Lipinski definition) is 2. The van der Waals surface area contributed by atoms with Crippen LogP contribution in [0.15, 0.2) is 22.7 Å². The maximum absolute atomic E-state index is 12.4. The van der Waals surface area contributed by atoms with Crippen LogP contribution in [-0.2, 0) is 16.1 Å². The molecule has 3 amide bonds. The summed E-state index contributed by atoms with van der Waals surface area (Å²) in [6, 6.07) is 5.32. The van der Waals surface area contributed by atoms with Crippen molar-refractivity contribution in [2.75, 3.05) is 6.54 Å². The number of benzene rings is 1. The lowest BCUT2D eigenvalue weighted by molar-refractivity contribution is -0.119. The summed E-state index contributed by atoms with van der Waals surface area (Å²) in [5, 5.41) is 2.79. The number of primary amides is 1. The second-order valence-electron chi connectivity index (χ2n) is 6.00. The fourth-order valence-electron chi connectivity index (χ4n) is 3.22. The fourth-order valence-corrected chi connectivity index (χ4v) is 3.63. The van der Waals surface area contributed by atoms with Crippen LogP contribution in [0.3, 0.4) is 0 Å². The van der Waals surface area contributed by atoms with Crippen molar-refractivity contribution < 1.29 is 19.1 Å². The zero-order valence-electron chi connectivity index (χ0n) is 13.0. The number of hydrogen-bond acceptors (Lipinski definition) is 4. The number of nitrogens with zero attached hydrogens (tertiary/aromatic N) is 1. The lowest BCUT2D eigenvalue weighted by Crippen LogP contribution is -2.42. The van der Waals surface area contributed by atoms with Gasteiger partial charge in [-0.15, -0.1) is 0 Å². The highest BCUT2D eigenvalue weighted by atomic mass is 79.9. The largest absolute Gasteiger partial charge is 0.444 e. The summed E-state index contributed by atoms with van der Waals surface area (Å²) in [7, 11) is 0. The average Bonchev–Trinajstić information content (AvgIpc) is 3.07. The molecule has 2 atom stereocenters. The molecule has 24 heavy (non-hydrogen) atoms. The van der Waals surface area contributed by atoms with Crippen LogP contribution in [0.25, 0.3) is 0 Å². The first-order chi connectivity index (χ1) is 11.4. The van der Waals surface area contributed by atoms with Crippen LogP contribution in [0.4, 0.5) is 4.79 Å². The van der Waals surface area contributed by atoms with Gasteiger partial charge in [0.15, 0.2) is 0 Å². The molecule has 0 spiro atoms. The molecule has 1 aromatic rings. The first kappa shape index (κ1) is 16.8. The summed E-state index contributed by atoms with van der Waals surface area (Å²) in [6.45, 7) is 0.948. The third-order valence-corrected chi connectivity index (χ3v) is 4.87. The van der Waals surface area contributed by atoms with Gasteiger partial charge in [0.2, 0.25) is 5.91 Å². The van der Waals surface area contributed by atoms with Gasteiger partial charge < -0.3 is 20.7 Å². The molecule has 2 heterocycles. The van der Waals surface area contributed by atoms with Gasteiger partial charge in [0.25, 0.3) is 5.91 Å². The van der Waals surface area contributed by atoms with Crippen molar-refractivity contribution in [1.29, 1.82) is 0 Å². The van der Waals surface area contributed by atoms with E-state index in [0.717, 1.165) is 10.0 Å². The number of ether oxygens (including phenoxy) is 1. The number of nitrogens with two attached hydrogens (primary N) is 1. The number of nitrogens with one attached hydrogen (secondary N) is 1. The SMILES string of the molecule is NC(=O)OC(CCN1Cc2cc(Br)ccc2C1=O)C1CCC(=O)N1. The molecule has 2 aliphatic rings. The van der Waals surface area contributed by atoms with Gasteiger partial charge in [-0.25, -0.2) is 4.79 Å². The van der Waals surface area contributed by atoms with Crippen molar-refractivity contribution in [2.24, 2.45) is 5.73 Å². The van der Waals surface area contributed by atoms with E-state index >= 15 is 0 Å². The average molecular weight is 396 g/mol. The van der Waals surface area contributed by atoms with Crippen molar-refractivity contribution in [3.8, 4) is 0 Å². The Morgan fingerprint density at radius 2 is 2.25 bits per heavy atom. The zero-order chi connectivity index (χ0) is 17.3. The van der Waals surface area contributed by atoms with E-state index in [2.05, 4.69) is 21.2 Å². The summed E-state index contributed by atoms with van der Waals surface area (Å²) in [5.74, 6) is -0.0987. The smallest absolute Gasteiger partial charge is 0.404 e. The Labute approximate surface area is 147 Å². The number of fused-ring (bicyclic) bond motifs is 1. The van der Waals surface area contributed by atoms with Crippen LogP contribution >= 0.6 is 15.9 Å². The van der Waals surface area contributed by atoms with Crippen LogP contribution in [-0.4, -0.2) is 41.5 Å². The van der Waals surface area contributed by atoms with Crippen molar-refractivity contribution >= 4 is 33.8 Å². The summed E-state index contributed by atoms with van der Waals surface area (Å²) in [5.41, 5.74) is 6.80. The highest BCUT2D eigenvalue weighted by Gasteiger charge is 2.33. The molecule has 0 bridgehead atoms. The Kier molecular flexibility index (Phi) is 4.75. The maximum Gasteiger partial charge on any atom is 0.404 e. The second-order valence-corrected chi connectivity index (χ2v) is 6.92. The van der Waals surface area contributed by atoms with Crippen LogP contribution in [0.5, 0.6) is 0 Å². The predicted molar refractivity (Wildman–Crippen MR) is 89.1 cm³/mol. The van der Waals surface area contributed by atoms with Crippen LogP contribution in [0.1, 0.15) is 35.2 Å². The second kappa shape index (κ2) is 6.80. The van der Waals surface area contributed by atoms with E-state index in [1.807, 2.05) is 12.1 Å². The van der Waals surface area contributed by atoms with Crippen LogP contribution < -0.4 is 11.1 Å². The number of carbonyl (C=O) groups excluding carboxylic acids is 3. The number of rotatable bonds is 5. The van der Waals surface area contributed by atoms with Crippen molar-refractivity contribution in [1.82, 2.24) is 10.2 Å². The molecule has 1 fully saturated rings. The summed E-state index contributed by atoms with van der Waals surface area (Å²) in [4.78, 5) is 36.6. The predicted octanol–water partition coefficient (Wildman–Crippen LogP) is 1.54. The molecule has 1 aromatic carbocycles. The van der Waals surface area contributed by atoms with Crippen LogP contribution in [0.2, 0.25) is 0 Å². The third-order valence-electron chi connectivity index (χ3n) is 4.37. The van der Waals surface area contributed by atoms with E-state index in [-0.39, 0.29) is 17.9 Å². The zero-order valence-corrected chi connectivity index (χ0v) is 14.5. The van der Waals surface area contributed by atoms with E-state index in [4.69, 9.17) is 10.5 Å². The molecule has 128 valence electrons. The monoisotopic (exact) mass is 395 g/mol. The first-order valence-electron chi connectivity index (χ1n) is 7.77. The normalized spacial score (nSPS) is 20.7. The molecule has 1 saturated heterocycles. The van der Waals surface area contributed by atoms with Crippen molar-refractivity contribution in [3.05, 3.63) is 33.8 Å². The van der Waals surface area contributed by atoms with Crippen molar-refractivity contribution in [2.45, 2.75) is 38.0 Å². The summed E-state index contributed by atoms with van der Waals surface area (Å²) >= 11 is 3.40. The van der Waals surface area contributed by atoms with Gasteiger partial charge >= 0.3 is 6.09 Å². The van der Waals surface area contributed by atoms with Crippen LogP contribution in [0, 0.1) is 0 Å². The van der Waals surface area contributed by atoms with E-state index < -0.39 is 12.2 Å². The molecule has 7 nitrogen and oxygen atoms in total. The maximum atomic E-state index is 12.4. The molecule has 3 rings (SSSR count). The van der Waals surface area contributed by atoms with Gasteiger partial charge in [-0.05, 0) is 30.2 Å². The Balaban J connectivity index is 1.64. The molecule has 0 aliphatic carbocycles. The molecule has 2 aliphatic heterocycles. The molecular formula is C16H18BrN3O4. The Morgan fingerprint density at radius 3 is 2.92 bits per heavy atom. The van der Waals surface area contributed by atoms with Gasteiger partial charge in [0.1, 0.15) is 6.10 Å². The van der Waals surface area contributed by atoms with Gasteiger partial charge in [-0.3, -0.25) is 9.59 Å². The number of amides is 3. The van der Waals surface area contributed by atoms with E-state index in [1.165, 1.54) is 0 Å². The number of carbonyl (C=O) groups is 3. The Bertz CT molecular complexity index is 694. The molecule has 0 radical (unpaired) electrons. The quantitative estimate of drug-likeness (QED) is 0.788. The topological polar surface area (TPSA) is 102 Å². The third kappa shape index (κ3) is 3.53. The van der Waals surface area contributed by atoms with E-state index in [1.54, 1.807) is 11.0 Å². The summed E-state index contributed by atoms with van der Waals surface area (Å²) < 4.78 is 6.08. The number of halogens is 1. The van der Waals surface area contributed by atoms with Crippen molar-refractivity contribution in [3.63, 3.8) is 0 Å².